The molecule has 0 aliphatic carbocycles. The Morgan fingerprint density at radius 2 is 2.05 bits per heavy atom. The van der Waals surface area contributed by atoms with Crippen molar-refractivity contribution in [1.82, 2.24) is 4.98 Å². The Balaban J connectivity index is 2.30. The highest BCUT2D eigenvalue weighted by atomic mass is 19.4. The van der Waals surface area contributed by atoms with Gasteiger partial charge in [0.25, 0.3) is 0 Å². The van der Waals surface area contributed by atoms with E-state index in [0.29, 0.717) is 12.1 Å². The van der Waals surface area contributed by atoms with Crippen LogP contribution in [0, 0.1) is 0 Å². The van der Waals surface area contributed by atoms with E-state index in [-0.39, 0.29) is 5.75 Å². The maximum absolute atomic E-state index is 12.1. The Kier molecular flexibility index (Phi) is 3.78. The standard InChI is InChI=1S/C13H13F3N2O/c1-2-17-12-5-6-18-11-4-3-9(7-10(11)12)19-8-13(14,15)16/h3-7H,2,8H2,1H3,(H,17,18). The topological polar surface area (TPSA) is 34.2 Å². The molecule has 19 heavy (non-hydrogen) atoms. The molecule has 1 aromatic heterocycles. The quantitative estimate of drug-likeness (QED) is 0.921. The van der Waals surface area contributed by atoms with Crippen molar-refractivity contribution in [3.63, 3.8) is 0 Å². The molecule has 0 atom stereocenters. The van der Waals surface area contributed by atoms with Crippen molar-refractivity contribution >= 4 is 16.6 Å². The van der Waals surface area contributed by atoms with Crippen LogP contribution in [0.2, 0.25) is 0 Å². The molecule has 0 saturated heterocycles. The smallest absolute Gasteiger partial charge is 0.422 e. The molecule has 1 heterocycles. The number of hydrogen-bond acceptors (Lipinski definition) is 3. The van der Waals surface area contributed by atoms with Gasteiger partial charge in [-0.25, -0.2) is 0 Å². The largest absolute Gasteiger partial charge is 0.484 e. The summed E-state index contributed by atoms with van der Waals surface area (Å²) in [6, 6.07) is 6.46. The van der Waals surface area contributed by atoms with E-state index in [9.17, 15) is 13.2 Å². The minimum Gasteiger partial charge on any atom is -0.484 e. The van der Waals surface area contributed by atoms with E-state index < -0.39 is 12.8 Å². The van der Waals surface area contributed by atoms with Crippen LogP contribution in [0.3, 0.4) is 0 Å². The summed E-state index contributed by atoms with van der Waals surface area (Å²) in [6.45, 7) is 1.36. The minimum atomic E-state index is -4.34. The van der Waals surface area contributed by atoms with Crippen LogP contribution in [-0.2, 0) is 0 Å². The molecular formula is C13H13F3N2O. The zero-order valence-corrected chi connectivity index (χ0v) is 10.3. The van der Waals surface area contributed by atoms with Gasteiger partial charge in [-0.3, -0.25) is 4.98 Å². The molecule has 0 unspecified atom stereocenters. The van der Waals surface area contributed by atoms with Gasteiger partial charge < -0.3 is 10.1 Å². The molecule has 0 radical (unpaired) electrons. The first kappa shape index (κ1) is 13.5. The van der Waals surface area contributed by atoms with E-state index >= 15 is 0 Å². The van der Waals surface area contributed by atoms with Crippen LogP contribution in [0.1, 0.15) is 6.92 Å². The third kappa shape index (κ3) is 3.49. The molecule has 0 bridgehead atoms. The highest BCUT2D eigenvalue weighted by Crippen LogP contribution is 2.27. The molecule has 3 nitrogen and oxygen atoms in total. The summed E-state index contributed by atoms with van der Waals surface area (Å²) in [4.78, 5) is 4.16. The lowest BCUT2D eigenvalue weighted by Crippen LogP contribution is -2.19. The van der Waals surface area contributed by atoms with Crippen LogP contribution >= 0.6 is 0 Å². The van der Waals surface area contributed by atoms with Gasteiger partial charge in [-0.1, -0.05) is 0 Å². The molecule has 0 aliphatic heterocycles. The summed E-state index contributed by atoms with van der Waals surface area (Å²) in [7, 11) is 0. The van der Waals surface area contributed by atoms with Gasteiger partial charge in [0, 0.05) is 23.8 Å². The zero-order chi connectivity index (χ0) is 13.9. The number of rotatable bonds is 4. The van der Waals surface area contributed by atoms with Crippen LogP contribution in [0.15, 0.2) is 30.5 Å². The van der Waals surface area contributed by atoms with Crippen LogP contribution < -0.4 is 10.1 Å². The fraction of sp³-hybridized carbons (Fsp3) is 0.308. The monoisotopic (exact) mass is 270 g/mol. The van der Waals surface area contributed by atoms with Crippen LogP contribution in [0.5, 0.6) is 5.75 Å². The Morgan fingerprint density at radius 1 is 1.26 bits per heavy atom. The molecule has 0 amide bonds. The summed E-state index contributed by atoms with van der Waals surface area (Å²) >= 11 is 0. The summed E-state index contributed by atoms with van der Waals surface area (Å²) in [5.41, 5.74) is 1.53. The van der Waals surface area contributed by atoms with Crippen LogP contribution in [0.4, 0.5) is 18.9 Å². The number of anilines is 1. The average molecular weight is 270 g/mol. The number of ether oxygens (including phenoxy) is 1. The minimum absolute atomic E-state index is 0.178. The van der Waals surface area contributed by atoms with Gasteiger partial charge >= 0.3 is 6.18 Å². The third-order valence-corrected chi connectivity index (χ3v) is 2.48. The molecule has 0 spiro atoms. The highest BCUT2D eigenvalue weighted by Gasteiger charge is 2.28. The maximum Gasteiger partial charge on any atom is 0.422 e. The van der Waals surface area contributed by atoms with Crippen LogP contribution in [0.25, 0.3) is 10.9 Å². The average Bonchev–Trinajstić information content (AvgIpc) is 2.36. The number of halogens is 3. The van der Waals surface area contributed by atoms with Gasteiger partial charge in [0.05, 0.1) is 5.52 Å². The fourth-order valence-electron chi connectivity index (χ4n) is 1.72. The van der Waals surface area contributed by atoms with E-state index in [2.05, 4.69) is 10.3 Å². The van der Waals surface area contributed by atoms with Gasteiger partial charge in [-0.2, -0.15) is 13.2 Å². The lowest BCUT2D eigenvalue weighted by atomic mass is 10.2. The van der Waals surface area contributed by atoms with Crippen molar-refractivity contribution < 1.29 is 17.9 Å². The summed E-state index contributed by atoms with van der Waals surface area (Å²) in [6.07, 6.45) is -2.69. The molecule has 1 N–H and O–H groups in total. The Bertz CT molecular complexity index is 569. The summed E-state index contributed by atoms with van der Waals surface area (Å²) in [5.74, 6) is 0.178. The predicted octanol–water partition coefficient (Wildman–Crippen LogP) is 3.61. The second kappa shape index (κ2) is 5.34. The van der Waals surface area contributed by atoms with Crippen molar-refractivity contribution in [2.75, 3.05) is 18.5 Å². The molecule has 2 rings (SSSR count). The van der Waals surface area contributed by atoms with E-state index in [1.807, 2.05) is 6.92 Å². The van der Waals surface area contributed by atoms with Crippen molar-refractivity contribution in [2.45, 2.75) is 13.1 Å². The van der Waals surface area contributed by atoms with Crippen LogP contribution in [-0.4, -0.2) is 24.3 Å². The number of benzene rings is 1. The van der Waals surface area contributed by atoms with E-state index in [4.69, 9.17) is 4.74 Å². The number of nitrogens with one attached hydrogen (secondary N) is 1. The van der Waals surface area contributed by atoms with Crippen molar-refractivity contribution in [3.05, 3.63) is 30.5 Å². The molecule has 6 heteroatoms. The lowest BCUT2D eigenvalue weighted by Gasteiger charge is -2.11. The third-order valence-electron chi connectivity index (χ3n) is 2.48. The fourth-order valence-corrected chi connectivity index (χ4v) is 1.72. The molecule has 0 saturated carbocycles. The molecule has 1 aromatic carbocycles. The van der Waals surface area contributed by atoms with Gasteiger partial charge in [0.15, 0.2) is 6.61 Å². The molecule has 102 valence electrons. The maximum atomic E-state index is 12.1. The zero-order valence-electron chi connectivity index (χ0n) is 10.3. The van der Waals surface area contributed by atoms with Gasteiger partial charge in [-0.05, 0) is 31.2 Å². The number of hydrogen-bond donors (Lipinski definition) is 1. The second-order valence-corrected chi connectivity index (χ2v) is 3.97. The lowest BCUT2D eigenvalue weighted by molar-refractivity contribution is -0.153. The number of alkyl halides is 3. The first-order valence-electron chi connectivity index (χ1n) is 5.82. The molecule has 0 aliphatic rings. The number of aromatic nitrogens is 1. The van der Waals surface area contributed by atoms with E-state index in [0.717, 1.165) is 11.1 Å². The highest BCUT2D eigenvalue weighted by molar-refractivity contribution is 5.92. The summed E-state index contributed by atoms with van der Waals surface area (Å²) < 4.78 is 41.0. The molecular weight excluding hydrogens is 257 g/mol. The Hall–Kier alpha value is -1.98. The number of pyridine rings is 1. The number of fused-ring (bicyclic) bond motifs is 1. The normalized spacial score (nSPS) is 11.6. The Labute approximate surface area is 108 Å². The first-order chi connectivity index (χ1) is 8.99. The molecule has 0 fully saturated rings. The van der Waals surface area contributed by atoms with Gasteiger partial charge in [0.2, 0.25) is 0 Å². The second-order valence-electron chi connectivity index (χ2n) is 3.97. The first-order valence-corrected chi connectivity index (χ1v) is 5.82. The summed E-state index contributed by atoms with van der Waals surface area (Å²) in [5, 5.41) is 3.87. The van der Waals surface area contributed by atoms with Crippen molar-refractivity contribution in [1.29, 1.82) is 0 Å². The van der Waals surface area contributed by atoms with E-state index in [1.54, 1.807) is 24.4 Å². The van der Waals surface area contributed by atoms with Gasteiger partial charge in [0.1, 0.15) is 5.75 Å². The van der Waals surface area contributed by atoms with Crippen molar-refractivity contribution in [2.24, 2.45) is 0 Å². The number of nitrogens with zero attached hydrogens (tertiary/aromatic N) is 1. The van der Waals surface area contributed by atoms with Crippen molar-refractivity contribution in [3.8, 4) is 5.75 Å². The van der Waals surface area contributed by atoms with E-state index in [1.165, 1.54) is 6.07 Å². The predicted molar refractivity (Wildman–Crippen MR) is 67.5 cm³/mol. The Morgan fingerprint density at radius 3 is 2.74 bits per heavy atom. The SMILES string of the molecule is CCNc1ccnc2ccc(OCC(F)(F)F)cc12. The molecule has 2 aromatic rings. The van der Waals surface area contributed by atoms with Gasteiger partial charge in [-0.15, -0.1) is 0 Å².